The Kier molecular flexibility index (Phi) is 7.66. The second-order valence-electron chi connectivity index (χ2n) is 5.88. The van der Waals surface area contributed by atoms with Gasteiger partial charge in [-0.3, -0.25) is 0 Å². The van der Waals surface area contributed by atoms with Crippen LogP contribution in [0.5, 0.6) is 5.75 Å². The number of anilines is 1. The maximum atomic E-state index is 12.4. The Hall–Kier alpha value is -2.34. The molecule has 0 aliphatic carbocycles. The standard InChI is InChI=1S/C20H26F2N2O2/c1-4-6-19(25-3)18(5-2)24(16-11-13-23-14-12-16)15-7-9-17(10-8-15)26-20(21)22/h4-10,16,20,23H,2,11-14H2,1,3H3/b6-4-,19-18-. The average molecular weight is 364 g/mol. The maximum absolute atomic E-state index is 12.4. The number of hydrogen-bond acceptors (Lipinski definition) is 4. The van der Waals surface area contributed by atoms with E-state index in [2.05, 4.69) is 21.5 Å². The fourth-order valence-corrected chi connectivity index (χ4v) is 3.13. The molecule has 1 aliphatic heterocycles. The molecule has 0 atom stereocenters. The third kappa shape index (κ3) is 5.08. The largest absolute Gasteiger partial charge is 0.495 e. The molecule has 0 saturated carbocycles. The van der Waals surface area contributed by atoms with Gasteiger partial charge in [-0.1, -0.05) is 12.7 Å². The van der Waals surface area contributed by atoms with Crippen molar-refractivity contribution in [3.8, 4) is 5.75 Å². The summed E-state index contributed by atoms with van der Waals surface area (Å²) in [6.07, 6.45) is 7.48. The molecule has 0 spiro atoms. The fourth-order valence-electron chi connectivity index (χ4n) is 3.13. The Morgan fingerprint density at radius 3 is 2.42 bits per heavy atom. The van der Waals surface area contributed by atoms with Gasteiger partial charge in [0.15, 0.2) is 0 Å². The molecular weight excluding hydrogens is 338 g/mol. The number of alkyl halides is 2. The molecule has 1 N–H and O–H groups in total. The Morgan fingerprint density at radius 2 is 1.92 bits per heavy atom. The first-order valence-corrected chi connectivity index (χ1v) is 8.69. The van der Waals surface area contributed by atoms with E-state index < -0.39 is 6.61 Å². The smallest absolute Gasteiger partial charge is 0.387 e. The molecule has 6 heteroatoms. The van der Waals surface area contributed by atoms with E-state index in [1.54, 1.807) is 37.5 Å². The predicted octanol–water partition coefficient (Wildman–Crippen LogP) is 4.47. The number of allylic oxidation sites excluding steroid dienone is 3. The monoisotopic (exact) mass is 364 g/mol. The Labute approximate surface area is 153 Å². The zero-order valence-corrected chi connectivity index (χ0v) is 15.3. The van der Waals surface area contributed by atoms with Crippen molar-refractivity contribution in [1.82, 2.24) is 5.32 Å². The topological polar surface area (TPSA) is 33.7 Å². The van der Waals surface area contributed by atoms with Gasteiger partial charge in [-0.15, -0.1) is 0 Å². The summed E-state index contributed by atoms with van der Waals surface area (Å²) in [5.74, 6) is 0.840. The van der Waals surface area contributed by atoms with Crippen LogP contribution in [0.25, 0.3) is 0 Å². The van der Waals surface area contributed by atoms with Crippen LogP contribution < -0.4 is 15.0 Å². The van der Waals surface area contributed by atoms with Crippen LogP contribution in [0.3, 0.4) is 0 Å². The van der Waals surface area contributed by atoms with Crippen molar-refractivity contribution in [3.63, 3.8) is 0 Å². The summed E-state index contributed by atoms with van der Waals surface area (Å²) in [5.41, 5.74) is 1.73. The van der Waals surface area contributed by atoms with Crippen LogP contribution in [0.4, 0.5) is 14.5 Å². The average Bonchev–Trinajstić information content (AvgIpc) is 2.65. The Morgan fingerprint density at radius 1 is 1.27 bits per heavy atom. The lowest BCUT2D eigenvalue weighted by molar-refractivity contribution is -0.0498. The Bertz CT molecular complexity index is 636. The van der Waals surface area contributed by atoms with Gasteiger partial charge in [0.25, 0.3) is 0 Å². The number of methoxy groups -OCH3 is 1. The number of ether oxygens (including phenoxy) is 2. The van der Waals surface area contributed by atoms with E-state index in [0.29, 0.717) is 5.76 Å². The lowest BCUT2D eigenvalue weighted by atomic mass is 10.0. The minimum Gasteiger partial charge on any atom is -0.495 e. The van der Waals surface area contributed by atoms with Crippen LogP contribution >= 0.6 is 0 Å². The van der Waals surface area contributed by atoms with Gasteiger partial charge < -0.3 is 19.7 Å². The van der Waals surface area contributed by atoms with Gasteiger partial charge in [0.05, 0.1) is 12.8 Å². The van der Waals surface area contributed by atoms with Crippen LogP contribution in [0.1, 0.15) is 19.8 Å². The van der Waals surface area contributed by atoms with Crippen LogP contribution in [0.15, 0.2) is 60.5 Å². The van der Waals surface area contributed by atoms with Crippen molar-refractivity contribution >= 4 is 5.69 Å². The van der Waals surface area contributed by atoms with Crippen LogP contribution in [-0.4, -0.2) is 32.9 Å². The second-order valence-corrected chi connectivity index (χ2v) is 5.88. The first-order chi connectivity index (χ1) is 12.6. The van der Waals surface area contributed by atoms with Gasteiger partial charge in [0.1, 0.15) is 11.5 Å². The van der Waals surface area contributed by atoms with Crippen molar-refractivity contribution < 1.29 is 18.3 Å². The zero-order chi connectivity index (χ0) is 18.9. The molecule has 1 fully saturated rings. The number of hydrogen-bond donors (Lipinski definition) is 1. The molecule has 0 bridgehead atoms. The fraction of sp³-hybridized carbons (Fsp3) is 0.400. The third-order valence-electron chi connectivity index (χ3n) is 4.26. The van der Waals surface area contributed by atoms with E-state index in [-0.39, 0.29) is 11.8 Å². The molecular formula is C20H26F2N2O2. The highest BCUT2D eigenvalue weighted by molar-refractivity contribution is 5.58. The molecule has 1 aromatic rings. The van der Waals surface area contributed by atoms with E-state index in [0.717, 1.165) is 37.3 Å². The molecule has 1 heterocycles. The second kappa shape index (κ2) is 9.97. The zero-order valence-electron chi connectivity index (χ0n) is 15.3. The van der Waals surface area contributed by atoms with Crippen molar-refractivity contribution in [2.45, 2.75) is 32.4 Å². The molecule has 2 rings (SSSR count). The number of nitrogens with zero attached hydrogens (tertiary/aromatic N) is 1. The van der Waals surface area contributed by atoms with Gasteiger partial charge >= 0.3 is 6.61 Å². The summed E-state index contributed by atoms with van der Waals surface area (Å²) < 4.78 is 34.8. The molecule has 142 valence electrons. The van der Waals surface area contributed by atoms with Gasteiger partial charge in [0, 0.05) is 11.7 Å². The van der Waals surface area contributed by atoms with E-state index in [1.807, 2.05) is 19.1 Å². The van der Waals surface area contributed by atoms with Crippen LogP contribution in [-0.2, 0) is 4.74 Å². The van der Waals surface area contributed by atoms with Crippen LogP contribution in [0, 0.1) is 0 Å². The highest BCUT2D eigenvalue weighted by Crippen LogP contribution is 2.31. The summed E-state index contributed by atoms with van der Waals surface area (Å²) >= 11 is 0. The Balaban J connectivity index is 2.44. The molecule has 1 saturated heterocycles. The van der Waals surface area contributed by atoms with E-state index in [1.165, 1.54) is 0 Å². The van der Waals surface area contributed by atoms with E-state index >= 15 is 0 Å². The van der Waals surface area contributed by atoms with Crippen molar-refractivity contribution in [1.29, 1.82) is 0 Å². The van der Waals surface area contributed by atoms with Crippen molar-refractivity contribution in [2.24, 2.45) is 0 Å². The maximum Gasteiger partial charge on any atom is 0.387 e. The molecule has 0 unspecified atom stereocenters. The van der Waals surface area contributed by atoms with Crippen molar-refractivity contribution in [3.05, 3.63) is 60.5 Å². The summed E-state index contributed by atoms with van der Waals surface area (Å²) in [6.45, 7) is 4.89. The summed E-state index contributed by atoms with van der Waals surface area (Å²) in [6, 6.07) is 6.93. The summed E-state index contributed by atoms with van der Waals surface area (Å²) in [7, 11) is 1.62. The normalized spacial score (nSPS) is 16.5. The van der Waals surface area contributed by atoms with Crippen molar-refractivity contribution in [2.75, 3.05) is 25.1 Å². The SMILES string of the molecule is C=C/C(=C(\C=C/C)OC)N(c1ccc(OC(F)F)cc1)C1CCNCC1. The molecule has 0 aromatic heterocycles. The van der Waals surface area contributed by atoms with Crippen LogP contribution in [0.2, 0.25) is 0 Å². The van der Waals surface area contributed by atoms with E-state index in [4.69, 9.17) is 4.74 Å². The quantitative estimate of drug-likeness (QED) is 0.545. The number of benzene rings is 1. The number of rotatable bonds is 8. The van der Waals surface area contributed by atoms with Gasteiger partial charge in [0.2, 0.25) is 0 Å². The van der Waals surface area contributed by atoms with Gasteiger partial charge in [-0.25, -0.2) is 0 Å². The molecule has 0 amide bonds. The molecule has 26 heavy (non-hydrogen) atoms. The number of halogens is 2. The highest BCUT2D eigenvalue weighted by atomic mass is 19.3. The summed E-state index contributed by atoms with van der Waals surface area (Å²) in [4.78, 5) is 2.17. The highest BCUT2D eigenvalue weighted by Gasteiger charge is 2.25. The first kappa shape index (κ1) is 20.0. The lowest BCUT2D eigenvalue weighted by Crippen LogP contribution is -2.43. The molecule has 1 aromatic carbocycles. The summed E-state index contributed by atoms with van der Waals surface area (Å²) in [5, 5.41) is 3.36. The van der Waals surface area contributed by atoms with E-state index in [9.17, 15) is 8.78 Å². The van der Waals surface area contributed by atoms with Gasteiger partial charge in [-0.05, 0) is 69.3 Å². The van der Waals surface area contributed by atoms with Gasteiger partial charge in [-0.2, -0.15) is 8.78 Å². The molecule has 4 nitrogen and oxygen atoms in total. The minimum atomic E-state index is -2.83. The number of nitrogens with one attached hydrogen (secondary N) is 1. The first-order valence-electron chi connectivity index (χ1n) is 8.69. The predicted molar refractivity (Wildman–Crippen MR) is 100 cm³/mol. The molecule has 1 aliphatic rings. The third-order valence-corrected chi connectivity index (χ3v) is 4.26. The molecule has 0 radical (unpaired) electrons. The minimum absolute atomic E-state index is 0.138. The lowest BCUT2D eigenvalue weighted by Gasteiger charge is -2.37. The number of piperidine rings is 1.